The fraction of sp³-hybridized carbons (Fsp3) is 0.500. The Kier molecular flexibility index (Phi) is 6.28. The number of imidazole rings is 1. The van der Waals surface area contributed by atoms with Crippen LogP contribution in [-0.4, -0.2) is 56.1 Å². The van der Waals surface area contributed by atoms with Crippen LogP contribution in [-0.2, 0) is 16.1 Å². The van der Waals surface area contributed by atoms with Crippen LogP contribution in [0.4, 0.5) is 0 Å². The van der Waals surface area contributed by atoms with Gasteiger partial charge in [0.05, 0.1) is 12.1 Å². The van der Waals surface area contributed by atoms with E-state index in [2.05, 4.69) is 10.3 Å². The number of nitrogens with zero attached hydrogens (tertiary/aromatic N) is 3. The van der Waals surface area contributed by atoms with Gasteiger partial charge in [0.1, 0.15) is 11.9 Å². The Morgan fingerprint density at radius 1 is 1.30 bits per heavy atom. The van der Waals surface area contributed by atoms with Gasteiger partial charge in [0.2, 0.25) is 11.8 Å². The van der Waals surface area contributed by atoms with E-state index in [9.17, 15) is 14.7 Å². The van der Waals surface area contributed by atoms with Crippen LogP contribution >= 0.6 is 0 Å². The van der Waals surface area contributed by atoms with E-state index in [4.69, 9.17) is 5.73 Å². The van der Waals surface area contributed by atoms with Crippen LogP contribution in [0.2, 0.25) is 0 Å². The summed E-state index contributed by atoms with van der Waals surface area (Å²) in [4.78, 5) is 31.2. The fourth-order valence-corrected chi connectivity index (χ4v) is 3.59. The van der Waals surface area contributed by atoms with E-state index in [1.54, 1.807) is 6.20 Å². The predicted molar refractivity (Wildman–Crippen MR) is 114 cm³/mol. The maximum atomic E-state index is 12.8. The summed E-state index contributed by atoms with van der Waals surface area (Å²) < 4.78 is 1.98. The van der Waals surface area contributed by atoms with Crippen molar-refractivity contribution in [2.75, 3.05) is 6.54 Å². The van der Waals surface area contributed by atoms with Gasteiger partial charge in [0.25, 0.3) is 0 Å². The van der Waals surface area contributed by atoms with Gasteiger partial charge < -0.3 is 25.6 Å². The van der Waals surface area contributed by atoms with Gasteiger partial charge in [0, 0.05) is 37.6 Å². The Bertz CT molecular complexity index is 900. The molecule has 1 aromatic heterocycles. The molecule has 0 aliphatic carbocycles. The number of aryl methyl sites for hydroxylation is 1. The van der Waals surface area contributed by atoms with E-state index in [1.165, 1.54) is 4.90 Å². The molecule has 0 bridgehead atoms. The first-order valence-electron chi connectivity index (χ1n) is 10.2. The number of rotatable bonds is 5. The molecule has 8 nitrogen and oxygen atoms in total. The molecule has 30 heavy (non-hydrogen) atoms. The lowest BCUT2D eigenvalue weighted by Crippen LogP contribution is -2.54. The first-order chi connectivity index (χ1) is 14.1. The normalized spacial score (nSPS) is 20.3. The highest BCUT2D eigenvalue weighted by atomic mass is 16.3. The number of carbonyl (C=O) groups excluding carboxylic acids is 2. The largest absolute Gasteiger partial charge is 0.391 e. The van der Waals surface area contributed by atoms with Crippen LogP contribution in [0, 0.1) is 12.3 Å². The van der Waals surface area contributed by atoms with Crippen molar-refractivity contribution in [3.63, 3.8) is 0 Å². The summed E-state index contributed by atoms with van der Waals surface area (Å²) in [7, 11) is 0. The summed E-state index contributed by atoms with van der Waals surface area (Å²) in [5.41, 5.74) is 7.60. The van der Waals surface area contributed by atoms with Gasteiger partial charge in [-0.05, 0) is 30.0 Å². The van der Waals surface area contributed by atoms with E-state index in [1.807, 2.05) is 62.7 Å². The van der Waals surface area contributed by atoms with Crippen molar-refractivity contribution in [3.05, 3.63) is 48.0 Å². The fourth-order valence-electron chi connectivity index (χ4n) is 3.59. The number of likely N-dealkylation sites (tertiary alicyclic amines) is 1. The smallest absolute Gasteiger partial charge is 0.243 e. The Morgan fingerprint density at radius 3 is 2.53 bits per heavy atom. The minimum atomic E-state index is -0.739. The van der Waals surface area contributed by atoms with E-state index in [0.717, 1.165) is 17.1 Å². The first kappa shape index (κ1) is 22.0. The molecule has 2 heterocycles. The first-order valence-corrected chi connectivity index (χ1v) is 10.2. The summed E-state index contributed by atoms with van der Waals surface area (Å²) in [5.74, 6) is 0.309. The Labute approximate surface area is 177 Å². The van der Waals surface area contributed by atoms with Crippen molar-refractivity contribution < 1.29 is 14.7 Å². The summed E-state index contributed by atoms with van der Waals surface area (Å²) in [6, 6.07) is 6.36. The number of β-amino-alcohol motifs (C(OH)–C–C–N with tert-alkyl or cyclic N) is 1. The molecule has 0 radical (unpaired) electrons. The highest BCUT2D eigenvalue weighted by Gasteiger charge is 2.42. The molecule has 3 rings (SSSR count). The molecule has 1 aliphatic heterocycles. The average Bonchev–Trinajstić information content (AvgIpc) is 3.30. The molecule has 0 spiro atoms. The lowest BCUT2D eigenvalue weighted by atomic mass is 9.86. The third-order valence-electron chi connectivity index (χ3n) is 5.57. The number of hydrogen-bond acceptors (Lipinski definition) is 5. The average molecular weight is 414 g/mol. The molecular weight excluding hydrogens is 382 g/mol. The predicted octanol–water partition coefficient (Wildman–Crippen LogP) is 1.13. The highest BCUT2D eigenvalue weighted by Crippen LogP contribution is 2.25. The van der Waals surface area contributed by atoms with Crippen LogP contribution in [0.25, 0.3) is 5.69 Å². The van der Waals surface area contributed by atoms with Crippen LogP contribution in [0.5, 0.6) is 0 Å². The lowest BCUT2D eigenvalue weighted by molar-refractivity contribution is -0.141. The standard InChI is InChI=1S/C22H31N5O3/c1-14-24-9-10-26(14)16-7-5-15(6-8-16)12-25-20(29)18-11-17(28)13-27(18)21(30)19(23)22(2,3)4/h5-10,17-19,28H,11-13,23H2,1-4H3,(H,25,29)/t17-,18+,19-/m1/s1. The lowest BCUT2D eigenvalue weighted by Gasteiger charge is -2.32. The van der Waals surface area contributed by atoms with Gasteiger partial charge in [-0.25, -0.2) is 4.98 Å². The molecule has 1 saturated heterocycles. The number of aliphatic hydroxyl groups excluding tert-OH is 1. The summed E-state index contributed by atoms with van der Waals surface area (Å²) in [6.07, 6.45) is 3.13. The minimum Gasteiger partial charge on any atom is -0.391 e. The van der Waals surface area contributed by atoms with Gasteiger partial charge in [-0.3, -0.25) is 9.59 Å². The molecule has 2 amide bonds. The van der Waals surface area contributed by atoms with Gasteiger partial charge >= 0.3 is 0 Å². The third kappa shape index (κ3) is 4.71. The summed E-state index contributed by atoms with van der Waals surface area (Å²) >= 11 is 0. The molecule has 1 aromatic carbocycles. The SMILES string of the molecule is Cc1nccn1-c1ccc(CNC(=O)[C@@H]2C[C@@H](O)CN2C(=O)[C@@H](N)C(C)(C)C)cc1. The van der Waals surface area contributed by atoms with Crippen LogP contribution < -0.4 is 11.1 Å². The van der Waals surface area contributed by atoms with E-state index < -0.39 is 23.6 Å². The van der Waals surface area contributed by atoms with Crippen LogP contribution in [0.3, 0.4) is 0 Å². The zero-order chi connectivity index (χ0) is 22.1. The number of nitrogens with one attached hydrogen (secondary N) is 1. The van der Waals surface area contributed by atoms with Gasteiger partial charge in [-0.15, -0.1) is 0 Å². The number of carbonyl (C=O) groups is 2. The zero-order valence-corrected chi connectivity index (χ0v) is 18.0. The topological polar surface area (TPSA) is 113 Å². The van der Waals surface area contributed by atoms with E-state index >= 15 is 0 Å². The molecule has 1 aliphatic rings. The molecule has 4 N–H and O–H groups in total. The molecule has 162 valence electrons. The highest BCUT2D eigenvalue weighted by molar-refractivity contribution is 5.90. The van der Waals surface area contributed by atoms with Crippen molar-refractivity contribution in [1.29, 1.82) is 0 Å². The summed E-state index contributed by atoms with van der Waals surface area (Å²) in [5, 5.41) is 12.9. The van der Waals surface area contributed by atoms with Crippen molar-refractivity contribution in [2.45, 2.75) is 58.8 Å². The third-order valence-corrected chi connectivity index (χ3v) is 5.57. The number of hydrogen-bond donors (Lipinski definition) is 3. The molecule has 8 heteroatoms. The van der Waals surface area contributed by atoms with Crippen LogP contribution in [0.15, 0.2) is 36.7 Å². The number of aromatic nitrogens is 2. The molecular formula is C22H31N5O3. The Hall–Kier alpha value is -2.71. The number of aliphatic hydroxyl groups is 1. The second kappa shape index (κ2) is 8.57. The van der Waals surface area contributed by atoms with Gasteiger partial charge in [-0.1, -0.05) is 32.9 Å². The molecule has 3 atom stereocenters. The van der Waals surface area contributed by atoms with Crippen LogP contribution in [0.1, 0.15) is 38.6 Å². The number of nitrogens with two attached hydrogens (primary N) is 1. The van der Waals surface area contributed by atoms with E-state index in [-0.39, 0.29) is 24.8 Å². The maximum absolute atomic E-state index is 12.8. The van der Waals surface area contributed by atoms with Gasteiger partial charge in [0.15, 0.2) is 0 Å². The molecule has 0 saturated carbocycles. The second-order valence-corrected chi connectivity index (χ2v) is 8.97. The second-order valence-electron chi connectivity index (χ2n) is 8.97. The minimum absolute atomic E-state index is 0.125. The van der Waals surface area contributed by atoms with Crippen molar-refractivity contribution in [1.82, 2.24) is 19.8 Å². The van der Waals surface area contributed by atoms with Gasteiger partial charge in [-0.2, -0.15) is 0 Å². The monoisotopic (exact) mass is 413 g/mol. The maximum Gasteiger partial charge on any atom is 0.243 e. The number of benzene rings is 1. The molecule has 0 unspecified atom stereocenters. The Morgan fingerprint density at radius 2 is 1.97 bits per heavy atom. The molecule has 2 aromatic rings. The van der Waals surface area contributed by atoms with E-state index in [0.29, 0.717) is 6.54 Å². The van der Waals surface area contributed by atoms with Crippen molar-refractivity contribution in [3.8, 4) is 5.69 Å². The van der Waals surface area contributed by atoms with Crippen molar-refractivity contribution in [2.24, 2.45) is 11.1 Å². The summed E-state index contributed by atoms with van der Waals surface area (Å²) in [6.45, 7) is 8.04. The zero-order valence-electron chi connectivity index (χ0n) is 18.0. The Balaban J connectivity index is 1.63. The quantitative estimate of drug-likeness (QED) is 0.680. The number of amides is 2. The molecule has 1 fully saturated rings. The van der Waals surface area contributed by atoms with Crippen molar-refractivity contribution >= 4 is 11.8 Å².